The molecule has 1 N–H and O–H groups in total. The molecule has 1 atom stereocenters. The van der Waals surface area contributed by atoms with Crippen molar-refractivity contribution in [2.45, 2.75) is 32.6 Å². The van der Waals surface area contributed by atoms with Crippen molar-refractivity contribution >= 4 is 5.78 Å². The first-order valence-electron chi connectivity index (χ1n) is 8.89. The largest absolute Gasteiger partial charge is 1.00 e. The first kappa shape index (κ1) is 23.9. The van der Waals surface area contributed by atoms with Crippen LogP contribution in [0.1, 0.15) is 47.7 Å². The summed E-state index contributed by atoms with van der Waals surface area (Å²) in [6.07, 6.45) is 3.11. The summed E-state index contributed by atoms with van der Waals surface area (Å²) in [6.45, 7) is 8.26. The van der Waals surface area contributed by atoms with Gasteiger partial charge in [0.2, 0.25) is 0 Å². The van der Waals surface area contributed by atoms with Crippen LogP contribution in [0, 0.1) is 6.92 Å². The van der Waals surface area contributed by atoms with Gasteiger partial charge in [0.25, 0.3) is 0 Å². The predicted octanol–water partition coefficient (Wildman–Crippen LogP) is 5.11. The van der Waals surface area contributed by atoms with Crippen LogP contribution in [0.5, 0.6) is 17.2 Å². The van der Waals surface area contributed by atoms with Crippen molar-refractivity contribution in [3.8, 4) is 17.2 Å². The monoisotopic (exact) mass is 559 g/mol. The Morgan fingerprint density at radius 3 is 2.43 bits per heavy atom. The first-order valence-corrected chi connectivity index (χ1v) is 8.89. The first-order chi connectivity index (χ1) is 12.8. The molecule has 0 aromatic heterocycles. The van der Waals surface area contributed by atoms with Gasteiger partial charge in [-0.3, -0.25) is 4.79 Å². The van der Waals surface area contributed by atoms with E-state index in [0.717, 1.165) is 23.3 Å². The second-order valence-electron chi connectivity index (χ2n) is 6.76. The second kappa shape index (κ2) is 11.0. The van der Waals surface area contributed by atoms with Gasteiger partial charge in [0.15, 0.2) is 5.78 Å². The maximum Gasteiger partial charge on any atom is 1.00 e. The molecule has 1 unspecified atom stereocenters. The van der Waals surface area contributed by atoms with Gasteiger partial charge in [-0.05, 0) is 50.5 Å². The summed E-state index contributed by atoms with van der Waals surface area (Å²) in [5.41, 5.74) is 3.54. The number of methoxy groups -OCH3 is 2. The molecule has 2 aromatic rings. The average molecular weight is 558 g/mol. The van der Waals surface area contributed by atoms with Crippen molar-refractivity contribution in [3.05, 3.63) is 71.7 Å². The number of hydrogen-bond acceptors (Lipinski definition) is 4. The van der Waals surface area contributed by atoms with Gasteiger partial charge >= 0.3 is 19.8 Å². The fourth-order valence-corrected chi connectivity index (χ4v) is 2.85. The van der Waals surface area contributed by atoms with Crippen LogP contribution in [0.25, 0.3) is 0 Å². The molecule has 5 heteroatoms. The molecule has 0 spiro atoms. The van der Waals surface area contributed by atoms with Crippen molar-refractivity contribution in [2.24, 2.45) is 0 Å². The van der Waals surface area contributed by atoms with E-state index in [1.807, 2.05) is 18.2 Å². The van der Waals surface area contributed by atoms with Crippen LogP contribution < -0.4 is 9.47 Å². The van der Waals surface area contributed by atoms with E-state index in [-0.39, 0.29) is 49.2 Å². The van der Waals surface area contributed by atoms with Gasteiger partial charge < -0.3 is 21.5 Å². The third-order valence-corrected chi connectivity index (χ3v) is 4.44. The molecule has 2 aromatic carbocycles. The van der Waals surface area contributed by atoms with Gasteiger partial charge in [-0.1, -0.05) is 29.3 Å². The number of carbonyl (C=O) groups is 1. The summed E-state index contributed by atoms with van der Waals surface area (Å²) in [4.78, 5) is 12.6. The standard InChI is InChI=1S/C23H27O4.Os/c1-15(2)6-7-18-13-17(8-11-23(18)27-5)16(3)12-21(24)20-10-9-19(26-4)14-22(20)25;/h6,8-11,13-14,16,25H,3,7,12H2,1-2,4-5H3;/q-1;+1. The maximum absolute atomic E-state index is 12.6. The predicted molar refractivity (Wildman–Crippen MR) is 108 cm³/mol. The minimum Gasteiger partial charge on any atom is -0.507 e. The van der Waals surface area contributed by atoms with Crippen molar-refractivity contribution in [1.29, 1.82) is 0 Å². The number of phenols is 1. The summed E-state index contributed by atoms with van der Waals surface area (Å²) in [5.74, 6) is 0.870. The van der Waals surface area contributed by atoms with Gasteiger partial charge in [-0.2, -0.15) is 0 Å². The number of ketones is 1. The summed E-state index contributed by atoms with van der Waals surface area (Å²) in [6, 6.07) is 10.6. The Balaban J connectivity index is 0.00000392. The Morgan fingerprint density at radius 2 is 1.86 bits per heavy atom. The third-order valence-electron chi connectivity index (χ3n) is 4.44. The zero-order valence-electron chi connectivity index (χ0n) is 16.8. The Morgan fingerprint density at radius 1 is 1.14 bits per heavy atom. The van der Waals surface area contributed by atoms with Crippen molar-refractivity contribution in [3.63, 3.8) is 0 Å². The fraction of sp³-hybridized carbons (Fsp3) is 0.304. The topological polar surface area (TPSA) is 55.8 Å². The molecule has 0 aliphatic carbocycles. The normalized spacial score (nSPS) is 11.2. The minimum absolute atomic E-state index is 0. The minimum atomic E-state index is -0.227. The number of benzene rings is 2. The molecule has 0 amide bonds. The van der Waals surface area contributed by atoms with Crippen LogP contribution in [-0.2, 0) is 26.2 Å². The van der Waals surface area contributed by atoms with Crippen LogP contribution in [-0.4, -0.2) is 25.1 Å². The summed E-state index contributed by atoms with van der Waals surface area (Å²) >= 11 is 0. The molecular formula is C23H27O4Os. The smallest absolute Gasteiger partial charge is 0.507 e. The van der Waals surface area contributed by atoms with E-state index in [4.69, 9.17) is 9.47 Å². The zero-order valence-corrected chi connectivity index (χ0v) is 19.3. The molecule has 0 heterocycles. The van der Waals surface area contributed by atoms with Crippen LogP contribution >= 0.6 is 0 Å². The summed E-state index contributed by atoms with van der Waals surface area (Å²) < 4.78 is 10.5. The Labute approximate surface area is 180 Å². The zero-order chi connectivity index (χ0) is 20.0. The molecule has 0 saturated carbocycles. The SMILES string of the molecule is [CH2-]C(CC(=O)c1ccc(OC)cc1O)c1ccc(OC)c(CC=C(C)C)c1.[Os+]. The molecule has 151 valence electrons. The fourth-order valence-electron chi connectivity index (χ4n) is 2.85. The van der Waals surface area contributed by atoms with Gasteiger partial charge in [0.1, 0.15) is 17.2 Å². The van der Waals surface area contributed by atoms with E-state index >= 15 is 0 Å². The number of ether oxygens (including phenoxy) is 2. The molecule has 28 heavy (non-hydrogen) atoms. The number of phenolic OH excluding ortho intramolecular Hbond substituents is 1. The van der Waals surface area contributed by atoms with Crippen LogP contribution in [0.4, 0.5) is 0 Å². The number of rotatable bonds is 8. The van der Waals surface area contributed by atoms with Crippen LogP contribution in [0.15, 0.2) is 48.0 Å². The van der Waals surface area contributed by atoms with Crippen molar-refractivity contribution in [1.82, 2.24) is 0 Å². The Hall–Kier alpha value is -2.11. The quantitative estimate of drug-likeness (QED) is 0.279. The molecule has 0 aliphatic heterocycles. The Bertz CT molecular complexity index is 838. The van der Waals surface area contributed by atoms with Crippen molar-refractivity contribution in [2.75, 3.05) is 14.2 Å². The molecule has 1 radical (unpaired) electrons. The van der Waals surface area contributed by atoms with Crippen LogP contribution in [0.2, 0.25) is 0 Å². The molecule has 0 aliphatic rings. The van der Waals surface area contributed by atoms with E-state index < -0.39 is 0 Å². The summed E-state index contributed by atoms with van der Waals surface area (Å²) in [7, 11) is 3.16. The molecule has 0 saturated heterocycles. The molecule has 0 fully saturated rings. The Kier molecular flexibility index (Phi) is 9.42. The molecule has 0 bridgehead atoms. The molecule has 4 nitrogen and oxygen atoms in total. The van der Waals surface area contributed by atoms with Gasteiger partial charge in [-0.15, -0.1) is 5.92 Å². The number of hydrogen-bond donors (Lipinski definition) is 1. The molecule has 2 rings (SSSR count). The number of Topliss-reactive ketones (excluding diaryl/α,β-unsaturated/α-hetero) is 1. The van der Waals surface area contributed by atoms with E-state index in [1.165, 1.54) is 18.7 Å². The number of aromatic hydroxyl groups is 1. The van der Waals surface area contributed by atoms with E-state index in [9.17, 15) is 9.90 Å². The second-order valence-corrected chi connectivity index (χ2v) is 6.76. The van der Waals surface area contributed by atoms with E-state index in [1.54, 1.807) is 19.2 Å². The van der Waals surface area contributed by atoms with Gasteiger partial charge in [-0.25, -0.2) is 0 Å². The van der Waals surface area contributed by atoms with Gasteiger partial charge in [0.05, 0.1) is 19.8 Å². The number of carbonyl (C=O) groups excluding carboxylic acids is 1. The molecular weight excluding hydrogens is 530 g/mol. The average Bonchev–Trinajstić information content (AvgIpc) is 2.65. The van der Waals surface area contributed by atoms with E-state index in [0.29, 0.717) is 5.75 Å². The third kappa shape index (κ3) is 6.21. The van der Waals surface area contributed by atoms with E-state index in [2.05, 4.69) is 26.8 Å². The summed E-state index contributed by atoms with van der Waals surface area (Å²) in [5, 5.41) is 10.1. The van der Waals surface area contributed by atoms with Crippen molar-refractivity contribution < 1.29 is 39.2 Å². The van der Waals surface area contributed by atoms with Gasteiger partial charge in [0, 0.05) is 6.07 Å². The number of allylic oxidation sites excluding steroid dienone is 2. The van der Waals surface area contributed by atoms with Crippen LogP contribution in [0.3, 0.4) is 0 Å². The maximum atomic E-state index is 12.6.